The lowest BCUT2D eigenvalue weighted by atomic mass is 10.0. The number of carbonyl (C=O) groups excluding carboxylic acids is 1. The van der Waals surface area contributed by atoms with Crippen LogP contribution in [0.25, 0.3) is 0 Å². The molecule has 2 unspecified atom stereocenters. The van der Waals surface area contributed by atoms with Crippen LogP contribution in [-0.4, -0.2) is 41.7 Å². The predicted molar refractivity (Wildman–Crippen MR) is 83.8 cm³/mol. The average molecular weight is 326 g/mol. The van der Waals surface area contributed by atoms with Crippen molar-refractivity contribution >= 4 is 5.91 Å². The third-order valence-corrected chi connectivity index (χ3v) is 4.12. The number of halogens is 2. The minimum absolute atomic E-state index is 0.0683. The second-order valence-corrected chi connectivity index (χ2v) is 6.01. The first-order valence-electron chi connectivity index (χ1n) is 8.15. The number of likely N-dealkylation sites (tertiary alicyclic amines) is 1. The number of carbonyl (C=O) groups is 1. The van der Waals surface area contributed by atoms with Gasteiger partial charge in [0.1, 0.15) is 11.6 Å². The standard InChI is InChI=1S/C17H24F2N2O2/c1-2-4-16(14-7-6-12(18)9-15(14)19)20-10-13(22)11-21-8-3-5-17(21)23/h6-7,9,13,16,20,22H,2-5,8,10-11H2,1H3. The first-order valence-corrected chi connectivity index (χ1v) is 8.15. The van der Waals surface area contributed by atoms with Gasteiger partial charge in [-0.15, -0.1) is 0 Å². The van der Waals surface area contributed by atoms with Crippen molar-refractivity contribution < 1.29 is 18.7 Å². The van der Waals surface area contributed by atoms with Gasteiger partial charge in [0, 0.05) is 43.7 Å². The Morgan fingerprint density at radius 1 is 1.39 bits per heavy atom. The number of amides is 1. The summed E-state index contributed by atoms with van der Waals surface area (Å²) < 4.78 is 27.0. The minimum atomic E-state index is -0.708. The Kier molecular flexibility index (Phi) is 6.47. The molecule has 0 saturated carbocycles. The van der Waals surface area contributed by atoms with E-state index in [1.165, 1.54) is 12.1 Å². The highest BCUT2D eigenvalue weighted by molar-refractivity contribution is 5.78. The number of benzene rings is 1. The Bertz CT molecular complexity index is 539. The highest BCUT2D eigenvalue weighted by atomic mass is 19.1. The third kappa shape index (κ3) is 4.97. The van der Waals surface area contributed by atoms with Gasteiger partial charge < -0.3 is 15.3 Å². The molecule has 1 aliphatic rings. The van der Waals surface area contributed by atoms with E-state index in [0.29, 0.717) is 24.9 Å². The first-order chi connectivity index (χ1) is 11.0. The van der Waals surface area contributed by atoms with Gasteiger partial charge in [-0.25, -0.2) is 8.78 Å². The van der Waals surface area contributed by atoms with Crippen molar-refractivity contribution in [1.82, 2.24) is 10.2 Å². The summed E-state index contributed by atoms with van der Waals surface area (Å²) in [6.07, 6.45) is 2.17. The molecule has 0 radical (unpaired) electrons. The number of nitrogens with one attached hydrogen (secondary N) is 1. The van der Waals surface area contributed by atoms with Crippen molar-refractivity contribution in [2.45, 2.75) is 44.8 Å². The molecule has 128 valence electrons. The number of aliphatic hydroxyl groups is 1. The maximum atomic E-state index is 13.9. The van der Waals surface area contributed by atoms with Gasteiger partial charge in [0.25, 0.3) is 0 Å². The Morgan fingerprint density at radius 2 is 2.17 bits per heavy atom. The SMILES string of the molecule is CCCC(NCC(O)CN1CCCC1=O)c1ccc(F)cc1F. The molecule has 0 bridgehead atoms. The van der Waals surface area contributed by atoms with Crippen LogP contribution in [0.5, 0.6) is 0 Å². The molecule has 1 aliphatic heterocycles. The van der Waals surface area contributed by atoms with E-state index in [0.717, 1.165) is 18.9 Å². The number of hydrogen-bond acceptors (Lipinski definition) is 3. The summed E-state index contributed by atoms with van der Waals surface area (Å²) in [6.45, 7) is 3.21. The van der Waals surface area contributed by atoms with Gasteiger partial charge >= 0.3 is 0 Å². The molecule has 1 aromatic rings. The molecule has 23 heavy (non-hydrogen) atoms. The van der Waals surface area contributed by atoms with E-state index in [2.05, 4.69) is 5.32 Å². The smallest absolute Gasteiger partial charge is 0.222 e. The van der Waals surface area contributed by atoms with Crippen LogP contribution in [-0.2, 0) is 4.79 Å². The molecule has 6 heteroatoms. The Labute approximate surface area is 135 Å². The molecular formula is C17H24F2N2O2. The third-order valence-electron chi connectivity index (χ3n) is 4.12. The van der Waals surface area contributed by atoms with Crippen molar-refractivity contribution in [2.24, 2.45) is 0 Å². The molecule has 1 aromatic carbocycles. The van der Waals surface area contributed by atoms with Crippen LogP contribution in [0.2, 0.25) is 0 Å². The molecule has 0 spiro atoms. The van der Waals surface area contributed by atoms with E-state index in [-0.39, 0.29) is 25.0 Å². The fraction of sp³-hybridized carbons (Fsp3) is 0.588. The number of hydrogen-bond donors (Lipinski definition) is 2. The zero-order valence-corrected chi connectivity index (χ0v) is 13.4. The summed E-state index contributed by atoms with van der Waals surface area (Å²) in [5.74, 6) is -1.12. The van der Waals surface area contributed by atoms with E-state index in [9.17, 15) is 18.7 Å². The minimum Gasteiger partial charge on any atom is -0.390 e. The molecule has 4 nitrogen and oxygen atoms in total. The summed E-state index contributed by atoms with van der Waals surface area (Å²) in [4.78, 5) is 13.2. The largest absolute Gasteiger partial charge is 0.390 e. The highest BCUT2D eigenvalue weighted by Crippen LogP contribution is 2.22. The molecule has 1 heterocycles. The Hall–Kier alpha value is -1.53. The van der Waals surface area contributed by atoms with E-state index in [1.54, 1.807) is 4.90 Å². The molecule has 0 aliphatic carbocycles. The lowest BCUT2D eigenvalue weighted by Gasteiger charge is -2.24. The van der Waals surface area contributed by atoms with Crippen LogP contribution in [0.4, 0.5) is 8.78 Å². The van der Waals surface area contributed by atoms with Crippen molar-refractivity contribution in [3.8, 4) is 0 Å². The topological polar surface area (TPSA) is 52.6 Å². The van der Waals surface area contributed by atoms with Crippen LogP contribution in [0.1, 0.15) is 44.2 Å². The summed E-state index contributed by atoms with van der Waals surface area (Å²) in [7, 11) is 0. The van der Waals surface area contributed by atoms with Crippen LogP contribution >= 0.6 is 0 Å². The van der Waals surface area contributed by atoms with Crippen molar-refractivity contribution in [3.05, 3.63) is 35.4 Å². The summed E-state index contributed by atoms with van der Waals surface area (Å²) >= 11 is 0. The van der Waals surface area contributed by atoms with Gasteiger partial charge in [-0.2, -0.15) is 0 Å². The maximum Gasteiger partial charge on any atom is 0.222 e. The average Bonchev–Trinajstić information content (AvgIpc) is 2.89. The second-order valence-electron chi connectivity index (χ2n) is 6.01. The number of aliphatic hydroxyl groups excluding tert-OH is 1. The lowest BCUT2D eigenvalue weighted by Crippen LogP contribution is -2.40. The quantitative estimate of drug-likeness (QED) is 0.771. The van der Waals surface area contributed by atoms with Gasteiger partial charge in [0.15, 0.2) is 0 Å². The van der Waals surface area contributed by atoms with Crippen LogP contribution in [0.3, 0.4) is 0 Å². The van der Waals surface area contributed by atoms with Gasteiger partial charge in [0.05, 0.1) is 6.10 Å². The van der Waals surface area contributed by atoms with Crippen molar-refractivity contribution in [1.29, 1.82) is 0 Å². The summed E-state index contributed by atoms with van der Waals surface area (Å²) in [5.41, 5.74) is 0.401. The lowest BCUT2D eigenvalue weighted by molar-refractivity contribution is -0.128. The molecular weight excluding hydrogens is 302 g/mol. The van der Waals surface area contributed by atoms with E-state index in [4.69, 9.17) is 0 Å². The van der Waals surface area contributed by atoms with Gasteiger partial charge in [-0.05, 0) is 18.9 Å². The zero-order chi connectivity index (χ0) is 16.8. The molecule has 1 amide bonds. The fourth-order valence-corrected chi connectivity index (χ4v) is 2.93. The maximum absolute atomic E-state index is 13.9. The van der Waals surface area contributed by atoms with Crippen LogP contribution in [0.15, 0.2) is 18.2 Å². The molecule has 1 fully saturated rings. The van der Waals surface area contributed by atoms with E-state index < -0.39 is 17.7 Å². The monoisotopic (exact) mass is 326 g/mol. The number of rotatable bonds is 8. The van der Waals surface area contributed by atoms with Gasteiger partial charge in [0.2, 0.25) is 5.91 Å². The van der Waals surface area contributed by atoms with Crippen molar-refractivity contribution in [3.63, 3.8) is 0 Å². The molecule has 2 rings (SSSR count). The van der Waals surface area contributed by atoms with E-state index >= 15 is 0 Å². The molecule has 2 N–H and O–H groups in total. The normalized spacial score (nSPS) is 17.6. The van der Waals surface area contributed by atoms with Crippen LogP contribution in [0, 0.1) is 11.6 Å². The first kappa shape index (κ1) is 17.8. The van der Waals surface area contributed by atoms with Crippen molar-refractivity contribution in [2.75, 3.05) is 19.6 Å². The van der Waals surface area contributed by atoms with Gasteiger partial charge in [-0.1, -0.05) is 19.4 Å². The Morgan fingerprint density at radius 3 is 2.78 bits per heavy atom. The highest BCUT2D eigenvalue weighted by Gasteiger charge is 2.23. The molecule has 1 saturated heterocycles. The Balaban J connectivity index is 1.92. The number of β-amino-alcohol motifs (C(OH)–C–C–N with tert-alkyl or cyclic N) is 1. The van der Waals surface area contributed by atoms with Crippen LogP contribution < -0.4 is 5.32 Å². The number of nitrogens with zero attached hydrogens (tertiary/aromatic N) is 1. The van der Waals surface area contributed by atoms with E-state index in [1.807, 2.05) is 6.92 Å². The second kappa shape index (κ2) is 8.36. The predicted octanol–water partition coefficient (Wildman–Crippen LogP) is 2.38. The van der Waals surface area contributed by atoms with Gasteiger partial charge in [-0.3, -0.25) is 4.79 Å². The molecule has 2 atom stereocenters. The molecule has 0 aromatic heterocycles. The summed E-state index contributed by atoms with van der Waals surface area (Å²) in [5, 5.41) is 13.2. The fourth-order valence-electron chi connectivity index (χ4n) is 2.93. The summed E-state index contributed by atoms with van der Waals surface area (Å²) in [6, 6.07) is 3.26. The zero-order valence-electron chi connectivity index (χ0n) is 13.4.